The van der Waals surface area contributed by atoms with E-state index in [1.165, 1.54) is 22.5 Å². The van der Waals surface area contributed by atoms with E-state index in [4.69, 9.17) is 5.11 Å². The lowest BCUT2D eigenvalue weighted by atomic mass is 10.1. The molecule has 2 N–H and O–H groups in total. The lowest BCUT2D eigenvalue weighted by molar-refractivity contribution is 0.0690. The number of carbonyl (C=O) groups is 1. The first-order valence-electron chi connectivity index (χ1n) is 6.17. The van der Waals surface area contributed by atoms with Gasteiger partial charge in [0.1, 0.15) is 0 Å². The number of nitrogens with one attached hydrogen (secondary N) is 1. The standard InChI is InChI=1S/C14H14N2O2S/c1-8-12(13(17)18)16-14(19-8)15-11-6-9-4-2-3-5-10(9)7-11/h2-5,11H,6-7H2,1H3,(H,15,16)(H,17,18). The van der Waals surface area contributed by atoms with Gasteiger partial charge in [0.25, 0.3) is 0 Å². The molecule has 0 atom stereocenters. The third-order valence-electron chi connectivity index (χ3n) is 3.38. The van der Waals surface area contributed by atoms with Gasteiger partial charge in [0, 0.05) is 10.9 Å². The van der Waals surface area contributed by atoms with Gasteiger partial charge in [0.2, 0.25) is 0 Å². The molecular formula is C14H14N2O2S. The topological polar surface area (TPSA) is 62.2 Å². The minimum absolute atomic E-state index is 0.156. The maximum absolute atomic E-state index is 11.0. The Morgan fingerprint density at radius 2 is 2.00 bits per heavy atom. The Labute approximate surface area is 115 Å². The molecule has 0 aliphatic heterocycles. The van der Waals surface area contributed by atoms with Gasteiger partial charge >= 0.3 is 5.97 Å². The molecule has 0 amide bonds. The molecule has 5 heteroatoms. The number of hydrogen-bond acceptors (Lipinski definition) is 4. The molecule has 0 spiro atoms. The fraction of sp³-hybridized carbons (Fsp3) is 0.286. The molecule has 1 aromatic carbocycles. The summed E-state index contributed by atoms with van der Waals surface area (Å²) in [5.74, 6) is -0.962. The van der Waals surface area contributed by atoms with Gasteiger partial charge in [-0.1, -0.05) is 24.3 Å². The Hall–Kier alpha value is -1.88. The summed E-state index contributed by atoms with van der Waals surface area (Å²) in [6.07, 6.45) is 1.94. The molecule has 1 aliphatic carbocycles. The third kappa shape index (κ3) is 2.33. The average molecular weight is 274 g/mol. The SMILES string of the molecule is Cc1sc(NC2Cc3ccccc3C2)nc1C(=O)O. The summed E-state index contributed by atoms with van der Waals surface area (Å²) >= 11 is 1.41. The molecule has 98 valence electrons. The maximum Gasteiger partial charge on any atom is 0.355 e. The molecule has 0 saturated heterocycles. The highest BCUT2D eigenvalue weighted by Gasteiger charge is 2.22. The number of rotatable bonds is 3. The van der Waals surface area contributed by atoms with E-state index in [-0.39, 0.29) is 5.69 Å². The van der Waals surface area contributed by atoms with Crippen LogP contribution in [0.15, 0.2) is 24.3 Å². The number of benzene rings is 1. The van der Waals surface area contributed by atoms with Gasteiger partial charge < -0.3 is 10.4 Å². The van der Waals surface area contributed by atoms with Crippen molar-refractivity contribution >= 4 is 22.4 Å². The molecule has 0 unspecified atom stereocenters. The summed E-state index contributed by atoms with van der Waals surface area (Å²) < 4.78 is 0. The molecule has 0 fully saturated rings. The monoisotopic (exact) mass is 274 g/mol. The number of aromatic nitrogens is 1. The van der Waals surface area contributed by atoms with Crippen LogP contribution >= 0.6 is 11.3 Å². The number of aryl methyl sites for hydroxylation is 1. The molecule has 0 bridgehead atoms. The number of carboxylic acid groups (broad SMARTS) is 1. The summed E-state index contributed by atoms with van der Waals surface area (Å²) in [7, 11) is 0. The van der Waals surface area contributed by atoms with E-state index in [2.05, 4.69) is 34.6 Å². The largest absolute Gasteiger partial charge is 0.476 e. The number of thiazole rings is 1. The summed E-state index contributed by atoms with van der Waals surface area (Å²) in [4.78, 5) is 15.9. The van der Waals surface area contributed by atoms with Gasteiger partial charge in [0.15, 0.2) is 10.8 Å². The zero-order chi connectivity index (χ0) is 13.4. The summed E-state index contributed by atoms with van der Waals surface area (Å²) in [6.45, 7) is 1.79. The zero-order valence-corrected chi connectivity index (χ0v) is 11.3. The predicted molar refractivity (Wildman–Crippen MR) is 75.1 cm³/mol. The minimum atomic E-state index is -0.962. The fourth-order valence-corrected chi connectivity index (χ4v) is 3.37. The van der Waals surface area contributed by atoms with Crippen LogP contribution in [0, 0.1) is 6.92 Å². The Bertz CT molecular complexity index is 611. The molecule has 0 saturated carbocycles. The number of anilines is 1. The van der Waals surface area contributed by atoms with Crippen molar-refractivity contribution in [2.75, 3.05) is 5.32 Å². The van der Waals surface area contributed by atoms with Crippen LogP contribution in [0.25, 0.3) is 0 Å². The highest BCUT2D eigenvalue weighted by atomic mass is 32.1. The first kappa shape index (κ1) is 12.2. The van der Waals surface area contributed by atoms with E-state index in [9.17, 15) is 4.79 Å². The average Bonchev–Trinajstić information content (AvgIpc) is 2.92. The Morgan fingerprint density at radius 3 is 2.53 bits per heavy atom. The summed E-state index contributed by atoms with van der Waals surface area (Å²) in [5.41, 5.74) is 2.89. The molecule has 1 heterocycles. The summed E-state index contributed by atoms with van der Waals surface area (Å²) in [6, 6.07) is 8.71. The second-order valence-corrected chi connectivity index (χ2v) is 5.95. The number of nitrogens with zero attached hydrogens (tertiary/aromatic N) is 1. The first-order valence-corrected chi connectivity index (χ1v) is 6.99. The lowest BCUT2D eigenvalue weighted by Gasteiger charge is -2.09. The van der Waals surface area contributed by atoms with Crippen LogP contribution in [0.1, 0.15) is 26.5 Å². The Kier molecular flexibility index (Phi) is 2.98. The van der Waals surface area contributed by atoms with E-state index < -0.39 is 5.97 Å². The molecule has 1 aliphatic rings. The third-order valence-corrected chi connectivity index (χ3v) is 4.28. The molecule has 4 nitrogen and oxygen atoms in total. The van der Waals surface area contributed by atoms with E-state index in [0.717, 1.165) is 17.7 Å². The maximum atomic E-state index is 11.0. The number of fused-ring (bicyclic) bond motifs is 1. The van der Waals surface area contributed by atoms with Crippen molar-refractivity contribution in [3.05, 3.63) is 46.0 Å². The van der Waals surface area contributed by atoms with Gasteiger partial charge in [-0.25, -0.2) is 9.78 Å². The zero-order valence-electron chi connectivity index (χ0n) is 10.5. The van der Waals surface area contributed by atoms with Crippen LogP contribution in [-0.4, -0.2) is 22.1 Å². The van der Waals surface area contributed by atoms with Crippen LogP contribution in [0.2, 0.25) is 0 Å². The quantitative estimate of drug-likeness (QED) is 0.903. The van der Waals surface area contributed by atoms with Crippen molar-refractivity contribution in [3.63, 3.8) is 0 Å². The van der Waals surface area contributed by atoms with Gasteiger partial charge in [-0.3, -0.25) is 0 Å². The molecule has 1 aromatic heterocycles. The van der Waals surface area contributed by atoms with Crippen molar-refractivity contribution in [2.24, 2.45) is 0 Å². The molecular weight excluding hydrogens is 260 g/mol. The second-order valence-electron chi connectivity index (χ2n) is 4.75. The van der Waals surface area contributed by atoms with E-state index in [0.29, 0.717) is 11.2 Å². The molecule has 3 rings (SSSR count). The Morgan fingerprint density at radius 1 is 1.37 bits per heavy atom. The predicted octanol–water partition coefficient (Wildman–Crippen LogP) is 2.73. The molecule has 19 heavy (non-hydrogen) atoms. The van der Waals surface area contributed by atoms with Gasteiger partial charge in [-0.05, 0) is 30.9 Å². The van der Waals surface area contributed by atoms with Crippen molar-refractivity contribution in [3.8, 4) is 0 Å². The van der Waals surface area contributed by atoms with Crippen molar-refractivity contribution < 1.29 is 9.90 Å². The van der Waals surface area contributed by atoms with Crippen LogP contribution < -0.4 is 5.32 Å². The number of hydrogen-bond donors (Lipinski definition) is 2. The normalized spacial score (nSPS) is 14.4. The molecule has 0 radical (unpaired) electrons. The van der Waals surface area contributed by atoms with Gasteiger partial charge in [0.05, 0.1) is 0 Å². The minimum Gasteiger partial charge on any atom is -0.476 e. The highest BCUT2D eigenvalue weighted by Crippen LogP contribution is 2.27. The van der Waals surface area contributed by atoms with Crippen LogP contribution in [0.5, 0.6) is 0 Å². The molecule has 2 aromatic rings. The number of aromatic carboxylic acids is 1. The van der Waals surface area contributed by atoms with Crippen LogP contribution in [0.4, 0.5) is 5.13 Å². The van der Waals surface area contributed by atoms with E-state index in [1.807, 2.05) is 0 Å². The second kappa shape index (κ2) is 4.66. The van der Waals surface area contributed by atoms with Gasteiger partial charge in [-0.15, -0.1) is 11.3 Å². The van der Waals surface area contributed by atoms with Crippen molar-refractivity contribution in [1.29, 1.82) is 0 Å². The summed E-state index contributed by atoms with van der Waals surface area (Å²) in [5, 5.41) is 13.0. The first-order chi connectivity index (χ1) is 9.13. The Balaban J connectivity index is 1.74. The fourth-order valence-electron chi connectivity index (χ4n) is 2.49. The van der Waals surface area contributed by atoms with E-state index >= 15 is 0 Å². The lowest BCUT2D eigenvalue weighted by Crippen LogP contribution is -2.19. The van der Waals surface area contributed by atoms with Crippen LogP contribution in [0.3, 0.4) is 0 Å². The number of carboxylic acids is 1. The van der Waals surface area contributed by atoms with Crippen LogP contribution in [-0.2, 0) is 12.8 Å². The highest BCUT2D eigenvalue weighted by molar-refractivity contribution is 7.15. The van der Waals surface area contributed by atoms with Gasteiger partial charge in [-0.2, -0.15) is 0 Å². The van der Waals surface area contributed by atoms with Crippen molar-refractivity contribution in [1.82, 2.24) is 4.98 Å². The van der Waals surface area contributed by atoms with Crippen molar-refractivity contribution in [2.45, 2.75) is 25.8 Å². The van der Waals surface area contributed by atoms with E-state index in [1.54, 1.807) is 6.92 Å². The smallest absolute Gasteiger partial charge is 0.355 e.